The summed E-state index contributed by atoms with van der Waals surface area (Å²) in [5, 5.41) is 0. The van der Waals surface area contributed by atoms with Crippen LogP contribution in [0.15, 0.2) is 30.3 Å². The molecular formula is C6H5FO4S. The van der Waals surface area contributed by atoms with Gasteiger partial charge in [0.25, 0.3) is 0 Å². The van der Waals surface area contributed by atoms with E-state index in [-0.39, 0.29) is 5.75 Å². The van der Waals surface area contributed by atoms with E-state index >= 15 is 0 Å². The average Bonchev–Trinajstić information content (AvgIpc) is 2.06. The van der Waals surface area contributed by atoms with Gasteiger partial charge in [-0.2, -0.15) is 8.42 Å². The summed E-state index contributed by atoms with van der Waals surface area (Å²) in [6, 6.07) is 7.47. The Hall–Kier alpha value is -1.14. The third-order valence-corrected chi connectivity index (χ3v) is 1.57. The predicted molar refractivity (Wildman–Crippen MR) is 38.2 cm³/mol. The van der Waals surface area contributed by atoms with Crippen LogP contribution in [-0.2, 0) is 14.8 Å². The van der Waals surface area contributed by atoms with Crippen LogP contribution in [0.4, 0.5) is 4.53 Å². The molecular weight excluding hydrogens is 187 g/mol. The molecule has 0 N–H and O–H groups in total. The van der Waals surface area contributed by atoms with Crippen molar-refractivity contribution in [2.24, 2.45) is 0 Å². The van der Waals surface area contributed by atoms with Crippen LogP contribution >= 0.6 is 0 Å². The molecule has 0 saturated heterocycles. The summed E-state index contributed by atoms with van der Waals surface area (Å²) >= 11 is 0. The first kappa shape index (κ1) is 8.95. The highest BCUT2D eigenvalue weighted by Crippen LogP contribution is 2.11. The minimum atomic E-state index is -4.54. The SMILES string of the molecule is O=S(=O)(OF)Oc1ccccc1. The van der Waals surface area contributed by atoms with Crippen LogP contribution in [0.25, 0.3) is 0 Å². The normalized spacial score (nSPS) is 11.1. The number of benzene rings is 1. The summed E-state index contributed by atoms with van der Waals surface area (Å²) in [7, 11) is -4.54. The molecule has 1 aromatic carbocycles. The largest absolute Gasteiger partial charge is 0.480 e. The first-order valence-corrected chi connectivity index (χ1v) is 4.27. The Morgan fingerprint density at radius 2 is 1.75 bits per heavy atom. The Morgan fingerprint density at radius 1 is 1.17 bits per heavy atom. The van der Waals surface area contributed by atoms with Gasteiger partial charge in [0.05, 0.1) is 0 Å². The Labute approximate surface area is 68.8 Å². The summed E-state index contributed by atoms with van der Waals surface area (Å²) in [6.45, 7) is 0. The summed E-state index contributed by atoms with van der Waals surface area (Å²) in [4.78, 5) is 0. The van der Waals surface area contributed by atoms with Gasteiger partial charge in [0.1, 0.15) is 5.75 Å². The van der Waals surface area contributed by atoms with Gasteiger partial charge in [-0.25, -0.2) is 0 Å². The molecule has 66 valence electrons. The van der Waals surface area contributed by atoms with Crippen LogP contribution in [0.2, 0.25) is 0 Å². The van der Waals surface area contributed by atoms with E-state index in [1.807, 2.05) is 0 Å². The second-order valence-electron chi connectivity index (χ2n) is 1.87. The van der Waals surface area contributed by atoms with E-state index in [2.05, 4.69) is 8.57 Å². The van der Waals surface area contributed by atoms with Crippen molar-refractivity contribution in [2.45, 2.75) is 0 Å². The highest BCUT2D eigenvalue weighted by molar-refractivity contribution is 7.82. The van der Waals surface area contributed by atoms with Crippen molar-refractivity contribution in [3.8, 4) is 5.75 Å². The zero-order chi connectivity index (χ0) is 9.03. The molecule has 1 aromatic rings. The van der Waals surface area contributed by atoms with E-state index in [9.17, 15) is 12.9 Å². The van der Waals surface area contributed by atoms with Crippen molar-refractivity contribution in [2.75, 3.05) is 0 Å². The zero-order valence-corrected chi connectivity index (χ0v) is 6.62. The Morgan fingerprint density at radius 3 is 2.25 bits per heavy atom. The molecule has 0 heterocycles. The minimum absolute atomic E-state index is 0.00449. The highest BCUT2D eigenvalue weighted by Gasteiger charge is 2.13. The van der Waals surface area contributed by atoms with E-state index in [4.69, 9.17) is 0 Å². The van der Waals surface area contributed by atoms with Crippen molar-refractivity contribution in [3.05, 3.63) is 30.3 Å². The first-order valence-electron chi connectivity index (χ1n) is 2.94. The number of halogens is 1. The fourth-order valence-electron chi connectivity index (χ4n) is 0.607. The van der Waals surface area contributed by atoms with Crippen LogP contribution in [-0.4, -0.2) is 8.42 Å². The maximum atomic E-state index is 11.2. The molecule has 0 radical (unpaired) electrons. The van der Waals surface area contributed by atoms with Crippen LogP contribution < -0.4 is 4.18 Å². The lowest BCUT2D eigenvalue weighted by atomic mass is 10.3. The van der Waals surface area contributed by atoms with Gasteiger partial charge in [0.2, 0.25) is 0 Å². The van der Waals surface area contributed by atoms with Gasteiger partial charge >= 0.3 is 10.4 Å². The lowest BCUT2D eigenvalue weighted by molar-refractivity contribution is -0.00946. The molecule has 12 heavy (non-hydrogen) atoms. The molecule has 1 rings (SSSR count). The summed E-state index contributed by atoms with van der Waals surface area (Å²) in [6.07, 6.45) is 0. The quantitative estimate of drug-likeness (QED) is 0.722. The molecule has 0 aliphatic heterocycles. The van der Waals surface area contributed by atoms with E-state index in [1.54, 1.807) is 18.2 Å². The number of rotatable bonds is 3. The van der Waals surface area contributed by atoms with Gasteiger partial charge in [0.15, 0.2) is 0 Å². The Balaban J connectivity index is 2.78. The molecule has 0 spiro atoms. The van der Waals surface area contributed by atoms with Crippen molar-refractivity contribution in [1.82, 2.24) is 0 Å². The third kappa shape index (κ3) is 2.48. The fraction of sp³-hybridized carbons (Fsp3) is 0. The molecule has 0 amide bonds. The molecule has 0 atom stereocenters. The molecule has 0 aliphatic carbocycles. The number of para-hydroxylation sites is 1. The molecule has 6 heteroatoms. The van der Waals surface area contributed by atoms with Crippen LogP contribution in [0.1, 0.15) is 0 Å². The molecule has 0 fully saturated rings. The molecule has 4 nitrogen and oxygen atoms in total. The van der Waals surface area contributed by atoms with E-state index < -0.39 is 10.4 Å². The first-order chi connectivity index (χ1) is 5.64. The average molecular weight is 192 g/mol. The van der Waals surface area contributed by atoms with Gasteiger partial charge in [-0.05, 0) is 21.0 Å². The van der Waals surface area contributed by atoms with Crippen molar-refractivity contribution in [1.29, 1.82) is 0 Å². The topological polar surface area (TPSA) is 52.6 Å². The van der Waals surface area contributed by atoms with Gasteiger partial charge in [-0.3, -0.25) is 0 Å². The molecule has 0 unspecified atom stereocenters. The minimum Gasteiger partial charge on any atom is -0.360 e. The van der Waals surface area contributed by atoms with Crippen molar-refractivity contribution in [3.63, 3.8) is 0 Å². The van der Waals surface area contributed by atoms with Gasteiger partial charge in [0, 0.05) is 0 Å². The van der Waals surface area contributed by atoms with E-state index in [1.165, 1.54) is 12.1 Å². The zero-order valence-electron chi connectivity index (χ0n) is 5.81. The smallest absolute Gasteiger partial charge is 0.360 e. The van der Waals surface area contributed by atoms with Crippen molar-refractivity contribution >= 4 is 10.4 Å². The molecule has 0 aliphatic rings. The highest BCUT2D eigenvalue weighted by atomic mass is 32.3. The Kier molecular flexibility index (Phi) is 2.61. The van der Waals surface area contributed by atoms with Crippen LogP contribution in [0.3, 0.4) is 0 Å². The summed E-state index contributed by atoms with van der Waals surface area (Å²) < 4.78 is 38.7. The van der Waals surface area contributed by atoms with Gasteiger partial charge in [-0.1, -0.05) is 18.2 Å². The third-order valence-electron chi connectivity index (χ3n) is 1.02. The van der Waals surface area contributed by atoms with E-state index in [0.29, 0.717) is 0 Å². The Bertz CT molecular complexity index is 334. The van der Waals surface area contributed by atoms with Gasteiger partial charge in [-0.15, -0.1) is 0 Å². The molecule has 0 saturated carbocycles. The van der Waals surface area contributed by atoms with E-state index in [0.717, 1.165) is 0 Å². The van der Waals surface area contributed by atoms with Crippen LogP contribution in [0, 0.1) is 0 Å². The lowest BCUT2D eigenvalue weighted by Crippen LogP contribution is -2.08. The summed E-state index contributed by atoms with van der Waals surface area (Å²) in [5.74, 6) is -0.00449. The van der Waals surface area contributed by atoms with Crippen LogP contribution in [0.5, 0.6) is 5.75 Å². The lowest BCUT2D eigenvalue weighted by Gasteiger charge is -1.99. The monoisotopic (exact) mass is 192 g/mol. The second kappa shape index (κ2) is 3.51. The number of hydrogen-bond donors (Lipinski definition) is 0. The molecule has 0 bridgehead atoms. The molecule has 0 aromatic heterocycles. The number of hydrogen-bond acceptors (Lipinski definition) is 4. The second-order valence-corrected chi connectivity index (χ2v) is 2.98. The fourth-order valence-corrected chi connectivity index (χ4v) is 0.979. The van der Waals surface area contributed by atoms with Gasteiger partial charge < -0.3 is 4.18 Å². The maximum Gasteiger partial charge on any atom is 0.480 e. The maximum absolute atomic E-state index is 11.2. The predicted octanol–water partition coefficient (Wildman–Crippen LogP) is 1.21. The van der Waals surface area contributed by atoms with Crippen molar-refractivity contribution < 1.29 is 21.5 Å². The summed E-state index contributed by atoms with van der Waals surface area (Å²) in [5.41, 5.74) is 0. The standard InChI is InChI=1S/C6H5FO4S/c7-11-12(8,9)10-6-4-2-1-3-5-6/h1-5H.